The predicted molar refractivity (Wildman–Crippen MR) is 71.2 cm³/mol. The zero-order chi connectivity index (χ0) is 14.1. The molecule has 2 aromatic heterocycles. The summed E-state index contributed by atoms with van der Waals surface area (Å²) in [7, 11) is 0. The van der Waals surface area contributed by atoms with E-state index in [1.165, 1.54) is 12.1 Å². The molecule has 3 aromatic rings. The van der Waals surface area contributed by atoms with Gasteiger partial charge >= 0.3 is 0 Å². The van der Waals surface area contributed by atoms with E-state index in [0.717, 1.165) is 11.6 Å². The Kier molecular flexibility index (Phi) is 2.83. The topological polar surface area (TPSA) is 66.6 Å². The monoisotopic (exact) mass is 271 g/mol. The maximum atomic E-state index is 13.5. The normalized spacial score (nSPS) is 10.7. The maximum Gasteiger partial charge on any atom is 0.255 e. The molecule has 0 saturated heterocycles. The fourth-order valence-electron chi connectivity index (χ4n) is 1.86. The number of fused-ring (bicyclic) bond motifs is 1. The number of nitrogens with zero attached hydrogens (tertiary/aromatic N) is 2. The number of phenolic OH excluding ortho intramolecular Hbond substituents is 1. The number of anilines is 1. The molecule has 1 amide bonds. The van der Waals surface area contributed by atoms with Crippen LogP contribution in [0, 0.1) is 5.82 Å². The van der Waals surface area contributed by atoms with Gasteiger partial charge in [0.25, 0.3) is 5.91 Å². The minimum absolute atomic E-state index is 0.0150. The van der Waals surface area contributed by atoms with Crippen molar-refractivity contribution in [2.24, 2.45) is 0 Å². The van der Waals surface area contributed by atoms with Gasteiger partial charge in [0, 0.05) is 17.8 Å². The molecular weight excluding hydrogens is 261 g/mol. The average Bonchev–Trinajstić information content (AvgIpc) is 2.89. The van der Waals surface area contributed by atoms with Crippen molar-refractivity contribution in [3.63, 3.8) is 0 Å². The molecule has 0 saturated carbocycles. The van der Waals surface area contributed by atoms with Crippen LogP contribution in [0.2, 0.25) is 0 Å². The molecule has 0 unspecified atom stereocenters. The summed E-state index contributed by atoms with van der Waals surface area (Å²) in [6, 6.07) is 6.82. The number of aromatic nitrogens is 2. The van der Waals surface area contributed by atoms with Crippen LogP contribution in [0.25, 0.3) is 5.52 Å². The lowest BCUT2D eigenvalue weighted by Crippen LogP contribution is -2.13. The van der Waals surface area contributed by atoms with E-state index in [9.17, 15) is 9.18 Å². The number of rotatable bonds is 2. The van der Waals surface area contributed by atoms with E-state index in [2.05, 4.69) is 10.3 Å². The molecule has 20 heavy (non-hydrogen) atoms. The van der Waals surface area contributed by atoms with E-state index < -0.39 is 11.7 Å². The van der Waals surface area contributed by atoms with Crippen molar-refractivity contribution in [2.45, 2.75) is 0 Å². The molecule has 2 heterocycles. The number of carbonyl (C=O) groups is 1. The van der Waals surface area contributed by atoms with Gasteiger partial charge in [-0.15, -0.1) is 0 Å². The number of carbonyl (C=O) groups excluding carboxylic acids is 1. The summed E-state index contributed by atoms with van der Waals surface area (Å²) in [5.41, 5.74) is 1.18. The van der Waals surface area contributed by atoms with E-state index in [4.69, 9.17) is 5.11 Å². The number of imidazole rings is 1. The number of amides is 1. The minimum atomic E-state index is -0.691. The second-order valence-corrected chi connectivity index (χ2v) is 4.26. The lowest BCUT2D eigenvalue weighted by atomic mass is 10.2. The SMILES string of the molecule is O=C(Nc1ccc(O)cc1F)c1ccn2cncc2c1. The number of aromatic hydroxyl groups is 1. The van der Waals surface area contributed by atoms with Gasteiger partial charge in [0.05, 0.1) is 23.7 Å². The van der Waals surface area contributed by atoms with Crippen molar-refractivity contribution < 1.29 is 14.3 Å². The smallest absolute Gasteiger partial charge is 0.255 e. The van der Waals surface area contributed by atoms with Crippen LogP contribution in [0.4, 0.5) is 10.1 Å². The Morgan fingerprint density at radius 2 is 2.15 bits per heavy atom. The molecule has 100 valence electrons. The van der Waals surface area contributed by atoms with Crippen LogP contribution in [-0.4, -0.2) is 20.4 Å². The quantitative estimate of drug-likeness (QED) is 0.703. The second kappa shape index (κ2) is 4.65. The molecule has 5 nitrogen and oxygen atoms in total. The summed E-state index contributed by atoms with van der Waals surface area (Å²) in [5, 5.41) is 11.6. The Bertz CT molecular complexity index is 798. The summed E-state index contributed by atoms with van der Waals surface area (Å²) >= 11 is 0. The molecule has 0 bridgehead atoms. The van der Waals surface area contributed by atoms with Gasteiger partial charge in [0.1, 0.15) is 11.6 Å². The highest BCUT2D eigenvalue weighted by Gasteiger charge is 2.10. The Labute approximate surface area is 113 Å². The lowest BCUT2D eigenvalue weighted by Gasteiger charge is -2.07. The van der Waals surface area contributed by atoms with E-state index in [1.807, 2.05) is 0 Å². The zero-order valence-electron chi connectivity index (χ0n) is 10.2. The predicted octanol–water partition coefficient (Wildman–Crippen LogP) is 2.43. The number of pyridine rings is 1. The average molecular weight is 271 g/mol. The minimum Gasteiger partial charge on any atom is -0.508 e. The third kappa shape index (κ3) is 2.18. The van der Waals surface area contributed by atoms with Crippen LogP contribution in [0.15, 0.2) is 49.1 Å². The van der Waals surface area contributed by atoms with Gasteiger partial charge in [-0.3, -0.25) is 4.79 Å². The van der Waals surface area contributed by atoms with Crippen LogP contribution >= 0.6 is 0 Å². The van der Waals surface area contributed by atoms with Gasteiger partial charge in [-0.05, 0) is 24.3 Å². The highest BCUT2D eigenvalue weighted by molar-refractivity contribution is 6.04. The van der Waals surface area contributed by atoms with Crippen molar-refractivity contribution >= 4 is 17.1 Å². The van der Waals surface area contributed by atoms with Gasteiger partial charge in [-0.2, -0.15) is 0 Å². The van der Waals surface area contributed by atoms with Crippen LogP contribution in [0.5, 0.6) is 5.75 Å². The Balaban J connectivity index is 1.88. The molecule has 0 aliphatic carbocycles. The summed E-state index contributed by atoms with van der Waals surface area (Å²) in [6.45, 7) is 0. The van der Waals surface area contributed by atoms with Gasteiger partial charge in [-0.25, -0.2) is 9.37 Å². The van der Waals surface area contributed by atoms with Gasteiger partial charge in [-0.1, -0.05) is 0 Å². The standard InChI is InChI=1S/C14H10FN3O2/c15-12-6-11(19)1-2-13(12)17-14(20)9-3-4-18-8-16-7-10(18)5-9/h1-8,19H,(H,17,20). The molecule has 0 spiro atoms. The summed E-state index contributed by atoms with van der Waals surface area (Å²) in [6.07, 6.45) is 4.94. The molecule has 0 atom stereocenters. The Morgan fingerprint density at radius 3 is 2.95 bits per heavy atom. The van der Waals surface area contributed by atoms with Crippen molar-refractivity contribution in [1.82, 2.24) is 9.38 Å². The largest absolute Gasteiger partial charge is 0.508 e. The summed E-state index contributed by atoms with van der Waals surface area (Å²) in [4.78, 5) is 16.0. The van der Waals surface area contributed by atoms with E-state index in [0.29, 0.717) is 5.56 Å². The first-order valence-corrected chi connectivity index (χ1v) is 5.85. The van der Waals surface area contributed by atoms with Crippen molar-refractivity contribution in [3.05, 3.63) is 60.4 Å². The Hall–Kier alpha value is -2.89. The molecule has 0 aliphatic rings. The fourth-order valence-corrected chi connectivity index (χ4v) is 1.86. The first-order valence-electron chi connectivity index (χ1n) is 5.85. The third-order valence-corrected chi connectivity index (χ3v) is 2.88. The first kappa shape index (κ1) is 12.2. The molecule has 0 fully saturated rings. The molecule has 3 rings (SSSR count). The summed E-state index contributed by atoms with van der Waals surface area (Å²) in [5.74, 6) is -1.32. The Morgan fingerprint density at radius 1 is 1.30 bits per heavy atom. The third-order valence-electron chi connectivity index (χ3n) is 2.88. The van der Waals surface area contributed by atoms with Gasteiger partial charge in [0.15, 0.2) is 0 Å². The number of benzene rings is 1. The molecule has 2 N–H and O–H groups in total. The maximum absolute atomic E-state index is 13.5. The van der Waals surface area contributed by atoms with E-state index in [1.54, 1.807) is 35.3 Å². The zero-order valence-corrected chi connectivity index (χ0v) is 10.2. The van der Waals surface area contributed by atoms with Crippen LogP contribution < -0.4 is 5.32 Å². The molecule has 0 radical (unpaired) electrons. The van der Waals surface area contributed by atoms with Crippen LogP contribution in [-0.2, 0) is 0 Å². The van der Waals surface area contributed by atoms with Crippen molar-refractivity contribution in [2.75, 3.05) is 5.32 Å². The first-order chi connectivity index (χ1) is 9.63. The van der Waals surface area contributed by atoms with E-state index >= 15 is 0 Å². The van der Waals surface area contributed by atoms with E-state index in [-0.39, 0.29) is 11.4 Å². The number of phenols is 1. The molecule has 0 aliphatic heterocycles. The molecule has 6 heteroatoms. The number of nitrogens with one attached hydrogen (secondary N) is 1. The van der Waals surface area contributed by atoms with Gasteiger partial charge < -0.3 is 14.8 Å². The van der Waals surface area contributed by atoms with Crippen molar-refractivity contribution in [3.8, 4) is 5.75 Å². The number of hydrogen-bond acceptors (Lipinski definition) is 3. The fraction of sp³-hybridized carbons (Fsp3) is 0. The van der Waals surface area contributed by atoms with Crippen LogP contribution in [0.3, 0.4) is 0 Å². The highest BCUT2D eigenvalue weighted by Crippen LogP contribution is 2.20. The van der Waals surface area contributed by atoms with Gasteiger partial charge in [0.2, 0.25) is 0 Å². The van der Waals surface area contributed by atoms with Crippen molar-refractivity contribution in [1.29, 1.82) is 0 Å². The number of hydrogen-bond donors (Lipinski definition) is 2. The summed E-state index contributed by atoms with van der Waals surface area (Å²) < 4.78 is 15.3. The molecule has 1 aromatic carbocycles. The lowest BCUT2D eigenvalue weighted by molar-refractivity contribution is 0.102. The second-order valence-electron chi connectivity index (χ2n) is 4.26. The van der Waals surface area contributed by atoms with Crippen LogP contribution in [0.1, 0.15) is 10.4 Å². The number of halogens is 1. The molecular formula is C14H10FN3O2. The highest BCUT2D eigenvalue weighted by atomic mass is 19.1.